The van der Waals surface area contributed by atoms with E-state index in [4.69, 9.17) is 0 Å². The molecule has 2 atom stereocenters. The molecular formula is C14H18FNO4S. The molecule has 1 aliphatic heterocycles. The van der Waals surface area contributed by atoms with E-state index >= 15 is 0 Å². The number of rotatable bonds is 3. The van der Waals surface area contributed by atoms with Crippen LogP contribution < -0.4 is 0 Å². The molecule has 7 heteroatoms. The van der Waals surface area contributed by atoms with Crippen LogP contribution >= 0.6 is 0 Å². The summed E-state index contributed by atoms with van der Waals surface area (Å²) in [5.74, 6) is -2.36. The SMILES string of the molecule is Cc1ccc(F)c(S(=O)(=O)N2CCCC(C)C2C(=O)O)c1. The number of halogens is 1. The molecule has 1 heterocycles. The Kier molecular flexibility index (Phi) is 4.34. The molecule has 1 aliphatic rings. The zero-order valence-corrected chi connectivity index (χ0v) is 12.7. The van der Waals surface area contributed by atoms with Gasteiger partial charge in [-0.2, -0.15) is 4.31 Å². The lowest BCUT2D eigenvalue weighted by molar-refractivity contribution is -0.144. The third-order valence-electron chi connectivity index (χ3n) is 3.81. The molecule has 2 unspecified atom stereocenters. The molecule has 1 aromatic carbocycles. The Balaban J connectivity index is 2.51. The fourth-order valence-electron chi connectivity index (χ4n) is 2.72. The summed E-state index contributed by atoms with van der Waals surface area (Å²) in [5, 5.41) is 9.31. The van der Waals surface area contributed by atoms with Crippen LogP contribution in [0.2, 0.25) is 0 Å². The van der Waals surface area contributed by atoms with Gasteiger partial charge < -0.3 is 5.11 Å². The number of hydrogen-bond acceptors (Lipinski definition) is 3. The Hall–Kier alpha value is -1.47. The number of sulfonamides is 1. The van der Waals surface area contributed by atoms with Gasteiger partial charge in [0.05, 0.1) is 0 Å². The van der Waals surface area contributed by atoms with Crippen LogP contribution in [0.3, 0.4) is 0 Å². The third kappa shape index (κ3) is 2.94. The Labute approximate surface area is 123 Å². The van der Waals surface area contributed by atoms with Crippen molar-refractivity contribution in [3.63, 3.8) is 0 Å². The first-order valence-corrected chi connectivity index (χ1v) is 8.20. The fraction of sp³-hybridized carbons (Fsp3) is 0.500. The maximum Gasteiger partial charge on any atom is 0.322 e. The maximum absolute atomic E-state index is 13.9. The van der Waals surface area contributed by atoms with Gasteiger partial charge in [-0.15, -0.1) is 0 Å². The van der Waals surface area contributed by atoms with Gasteiger partial charge in [0, 0.05) is 6.54 Å². The van der Waals surface area contributed by atoms with Crippen LogP contribution in [0.25, 0.3) is 0 Å². The van der Waals surface area contributed by atoms with E-state index in [0.29, 0.717) is 18.4 Å². The quantitative estimate of drug-likeness (QED) is 0.926. The van der Waals surface area contributed by atoms with Gasteiger partial charge in [-0.05, 0) is 43.4 Å². The van der Waals surface area contributed by atoms with Gasteiger partial charge in [-0.25, -0.2) is 12.8 Å². The van der Waals surface area contributed by atoms with Gasteiger partial charge in [-0.1, -0.05) is 13.0 Å². The van der Waals surface area contributed by atoms with E-state index in [0.717, 1.165) is 10.4 Å². The fourth-order valence-corrected chi connectivity index (χ4v) is 4.59. The number of carboxylic acid groups (broad SMARTS) is 1. The number of carboxylic acids is 1. The predicted molar refractivity (Wildman–Crippen MR) is 74.9 cm³/mol. The van der Waals surface area contributed by atoms with Crippen LogP contribution in [0.1, 0.15) is 25.3 Å². The van der Waals surface area contributed by atoms with Gasteiger partial charge in [-0.3, -0.25) is 4.79 Å². The van der Waals surface area contributed by atoms with Gasteiger partial charge in [0.25, 0.3) is 0 Å². The highest BCUT2D eigenvalue weighted by molar-refractivity contribution is 7.89. The van der Waals surface area contributed by atoms with Gasteiger partial charge in [0.15, 0.2) is 0 Å². The molecule has 0 spiro atoms. The first-order valence-electron chi connectivity index (χ1n) is 6.76. The second kappa shape index (κ2) is 5.73. The van der Waals surface area contributed by atoms with Crippen LogP contribution in [0.4, 0.5) is 4.39 Å². The van der Waals surface area contributed by atoms with Crippen molar-refractivity contribution in [2.24, 2.45) is 5.92 Å². The van der Waals surface area contributed by atoms with Crippen molar-refractivity contribution in [3.05, 3.63) is 29.6 Å². The van der Waals surface area contributed by atoms with E-state index in [1.165, 1.54) is 12.1 Å². The molecule has 5 nitrogen and oxygen atoms in total. The molecule has 2 rings (SSSR count). The summed E-state index contributed by atoms with van der Waals surface area (Å²) < 4.78 is 40.1. The minimum absolute atomic E-state index is 0.0943. The molecule has 21 heavy (non-hydrogen) atoms. The van der Waals surface area contributed by atoms with Crippen LogP contribution in [-0.2, 0) is 14.8 Å². The summed E-state index contributed by atoms with van der Waals surface area (Å²) in [6.07, 6.45) is 1.21. The number of carbonyl (C=O) groups is 1. The number of nitrogens with zero attached hydrogens (tertiary/aromatic N) is 1. The number of aliphatic carboxylic acids is 1. The molecule has 1 aromatic rings. The molecule has 0 aromatic heterocycles. The number of aryl methyl sites for hydroxylation is 1. The van der Waals surface area contributed by atoms with Crippen molar-refractivity contribution >= 4 is 16.0 Å². The standard InChI is InChI=1S/C14H18FNO4S/c1-9-5-6-11(15)12(8-9)21(19,20)16-7-3-4-10(2)13(16)14(17)18/h5-6,8,10,13H,3-4,7H2,1-2H3,(H,17,18). The van der Waals surface area contributed by atoms with Gasteiger partial charge in [0.1, 0.15) is 16.8 Å². The largest absolute Gasteiger partial charge is 0.480 e. The average molecular weight is 315 g/mol. The minimum atomic E-state index is -4.16. The molecule has 1 saturated heterocycles. The number of hydrogen-bond donors (Lipinski definition) is 1. The van der Waals surface area contributed by atoms with E-state index < -0.39 is 32.7 Å². The Morgan fingerprint density at radius 1 is 1.43 bits per heavy atom. The van der Waals surface area contributed by atoms with Crippen molar-refractivity contribution in [1.29, 1.82) is 0 Å². The zero-order chi connectivity index (χ0) is 15.8. The molecule has 1 fully saturated rings. The molecule has 1 N–H and O–H groups in total. The Morgan fingerprint density at radius 3 is 2.71 bits per heavy atom. The van der Waals surface area contributed by atoms with Crippen LogP contribution in [0.5, 0.6) is 0 Å². The zero-order valence-electron chi connectivity index (χ0n) is 11.9. The smallest absolute Gasteiger partial charge is 0.322 e. The van der Waals surface area contributed by atoms with E-state index in [1.807, 2.05) is 0 Å². The predicted octanol–water partition coefficient (Wildman–Crippen LogP) is 2.01. The van der Waals surface area contributed by atoms with Crippen molar-refractivity contribution in [3.8, 4) is 0 Å². The lowest BCUT2D eigenvalue weighted by atomic mass is 9.93. The summed E-state index contributed by atoms with van der Waals surface area (Å²) >= 11 is 0. The molecule has 0 aliphatic carbocycles. The summed E-state index contributed by atoms with van der Waals surface area (Å²) in [4.78, 5) is 10.9. The number of piperidine rings is 1. The van der Waals surface area contributed by atoms with E-state index in [2.05, 4.69) is 0 Å². The molecule has 116 valence electrons. The monoisotopic (exact) mass is 315 g/mol. The molecule has 0 saturated carbocycles. The van der Waals surface area contributed by atoms with Crippen molar-refractivity contribution in [2.75, 3.05) is 6.54 Å². The van der Waals surface area contributed by atoms with Crippen LogP contribution in [0, 0.1) is 18.7 Å². The van der Waals surface area contributed by atoms with Crippen molar-refractivity contribution in [2.45, 2.75) is 37.6 Å². The lowest BCUT2D eigenvalue weighted by Gasteiger charge is -2.36. The Bertz CT molecular complexity index is 659. The molecule has 0 radical (unpaired) electrons. The summed E-state index contributed by atoms with van der Waals surface area (Å²) in [6, 6.07) is 2.65. The second-order valence-corrected chi connectivity index (χ2v) is 7.31. The molecular weight excluding hydrogens is 297 g/mol. The van der Waals surface area contributed by atoms with E-state index in [-0.39, 0.29) is 12.5 Å². The van der Waals surface area contributed by atoms with Crippen LogP contribution in [-0.4, -0.2) is 36.4 Å². The average Bonchev–Trinajstić information content (AvgIpc) is 2.40. The minimum Gasteiger partial charge on any atom is -0.480 e. The van der Waals surface area contributed by atoms with E-state index in [1.54, 1.807) is 13.8 Å². The van der Waals surface area contributed by atoms with E-state index in [9.17, 15) is 22.7 Å². The topological polar surface area (TPSA) is 74.7 Å². The third-order valence-corrected chi connectivity index (χ3v) is 5.71. The van der Waals surface area contributed by atoms with Crippen molar-refractivity contribution in [1.82, 2.24) is 4.31 Å². The highest BCUT2D eigenvalue weighted by Gasteiger charge is 2.42. The lowest BCUT2D eigenvalue weighted by Crippen LogP contribution is -2.51. The summed E-state index contributed by atoms with van der Waals surface area (Å²) in [7, 11) is -4.16. The maximum atomic E-state index is 13.9. The first kappa shape index (κ1) is 15.9. The summed E-state index contributed by atoms with van der Waals surface area (Å²) in [6.45, 7) is 3.45. The summed E-state index contributed by atoms with van der Waals surface area (Å²) in [5.41, 5.74) is 0.604. The first-order chi connectivity index (χ1) is 9.75. The Morgan fingerprint density at radius 2 is 2.10 bits per heavy atom. The molecule has 0 bridgehead atoms. The second-order valence-electron chi connectivity index (χ2n) is 5.45. The normalized spacial score (nSPS) is 24.0. The van der Waals surface area contributed by atoms with Gasteiger partial charge >= 0.3 is 5.97 Å². The number of benzene rings is 1. The molecule has 0 amide bonds. The highest BCUT2D eigenvalue weighted by atomic mass is 32.2. The van der Waals surface area contributed by atoms with Crippen LogP contribution in [0.15, 0.2) is 23.1 Å². The van der Waals surface area contributed by atoms with Crippen molar-refractivity contribution < 1.29 is 22.7 Å². The highest BCUT2D eigenvalue weighted by Crippen LogP contribution is 2.30. The van der Waals surface area contributed by atoms with Gasteiger partial charge in [0.2, 0.25) is 10.0 Å².